The number of hydrogen-bond acceptors (Lipinski definition) is 4. The maximum absolute atomic E-state index is 12.1. The van der Waals surface area contributed by atoms with Gasteiger partial charge in [-0.3, -0.25) is 4.79 Å². The highest BCUT2D eigenvalue weighted by Crippen LogP contribution is 2.20. The molecule has 0 unspecified atom stereocenters. The predicted octanol–water partition coefficient (Wildman–Crippen LogP) is 3.80. The van der Waals surface area contributed by atoms with Gasteiger partial charge in [-0.15, -0.1) is 0 Å². The molecule has 0 bridgehead atoms. The summed E-state index contributed by atoms with van der Waals surface area (Å²) in [6.45, 7) is 1.84. The Morgan fingerprint density at radius 1 is 1.16 bits per heavy atom. The van der Waals surface area contributed by atoms with Crippen LogP contribution in [0.25, 0.3) is 0 Å². The van der Waals surface area contributed by atoms with E-state index in [1.807, 2.05) is 13.0 Å². The molecule has 0 aliphatic heterocycles. The van der Waals surface area contributed by atoms with Crippen LogP contribution in [0.2, 0.25) is 5.02 Å². The van der Waals surface area contributed by atoms with E-state index in [2.05, 4.69) is 10.6 Å². The van der Waals surface area contributed by atoms with Crippen molar-refractivity contribution in [2.45, 2.75) is 6.92 Å². The Morgan fingerprint density at radius 3 is 2.36 bits per heavy atom. The third-order valence-corrected chi connectivity index (χ3v) is 3.72. The minimum absolute atomic E-state index is 0.140. The minimum Gasteiger partial charge on any atom is -0.478 e. The lowest BCUT2D eigenvalue weighted by molar-refractivity contribution is -0.112. The Morgan fingerprint density at radius 2 is 1.80 bits per heavy atom. The molecule has 0 atom stereocenters. The van der Waals surface area contributed by atoms with Gasteiger partial charge in [-0.2, -0.15) is 5.26 Å². The summed E-state index contributed by atoms with van der Waals surface area (Å²) >= 11 is 6.00. The normalized spacial score (nSPS) is 10.7. The molecule has 0 spiro atoms. The first-order chi connectivity index (χ1) is 11.9. The molecule has 2 aromatic rings. The number of carboxylic acid groups (broad SMARTS) is 1. The Balaban J connectivity index is 2.08. The molecule has 0 aliphatic carbocycles. The van der Waals surface area contributed by atoms with E-state index in [0.717, 1.165) is 5.56 Å². The van der Waals surface area contributed by atoms with Crippen LogP contribution in [-0.4, -0.2) is 17.0 Å². The third-order valence-electron chi connectivity index (χ3n) is 3.31. The standard InChI is InChI=1S/C18H14ClN3O3/c1-11-2-5-15(8-16(11)19)22-17(23)13(9-20)10-21-14-6-3-12(4-7-14)18(24)25/h2-8,10,21H,1H3,(H,22,23)(H,24,25)/b13-10-. The number of nitrogens with zero attached hydrogens (tertiary/aromatic N) is 1. The van der Waals surface area contributed by atoms with Crippen LogP contribution in [-0.2, 0) is 4.79 Å². The van der Waals surface area contributed by atoms with Crippen LogP contribution >= 0.6 is 11.6 Å². The van der Waals surface area contributed by atoms with Crippen LogP contribution in [0.15, 0.2) is 54.2 Å². The molecule has 0 saturated carbocycles. The van der Waals surface area contributed by atoms with Crippen LogP contribution < -0.4 is 10.6 Å². The largest absolute Gasteiger partial charge is 0.478 e. The second-order valence-corrected chi connectivity index (χ2v) is 5.52. The summed E-state index contributed by atoms with van der Waals surface area (Å²) in [5.41, 5.74) is 1.90. The van der Waals surface area contributed by atoms with Gasteiger partial charge in [0.2, 0.25) is 0 Å². The zero-order valence-corrected chi connectivity index (χ0v) is 14.0. The predicted molar refractivity (Wildman–Crippen MR) is 95.5 cm³/mol. The molecule has 2 rings (SSSR count). The number of aromatic carboxylic acids is 1. The molecule has 126 valence electrons. The molecule has 0 saturated heterocycles. The van der Waals surface area contributed by atoms with Crippen LogP contribution in [0.1, 0.15) is 15.9 Å². The van der Waals surface area contributed by atoms with E-state index < -0.39 is 11.9 Å². The number of amides is 1. The highest BCUT2D eigenvalue weighted by molar-refractivity contribution is 6.31. The van der Waals surface area contributed by atoms with Crippen molar-refractivity contribution in [1.82, 2.24) is 0 Å². The Bertz CT molecular complexity index is 883. The van der Waals surface area contributed by atoms with Gasteiger partial charge in [0.05, 0.1) is 5.56 Å². The van der Waals surface area contributed by atoms with Gasteiger partial charge in [0.15, 0.2) is 0 Å². The molecular formula is C18H14ClN3O3. The van der Waals surface area contributed by atoms with Crippen LogP contribution in [0.3, 0.4) is 0 Å². The number of halogens is 1. The molecule has 2 aromatic carbocycles. The van der Waals surface area contributed by atoms with Crippen molar-refractivity contribution in [3.05, 3.63) is 70.4 Å². The van der Waals surface area contributed by atoms with E-state index in [0.29, 0.717) is 16.4 Å². The van der Waals surface area contributed by atoms with E-state index in [4.69, 9.17) is 22.0 Å². The van der Waals surface area contributed by atoms with Crippen molar-refractivity contribution in [1.29, 1.82) is 5.26 Å². The lowest BCUT2D eigenvalue weighted by atomic mass is 10.2. The quantitative estimate of drug-likeness (QED) is 0.559. The smallest absolute Gasteiger partial charge is 0.335 e. The highest BCUT2D eigenvalue weighted by Gasteiger charge is 2.10. The number of nitrogens with one attached hydrogen (secondary N) is 2. The van der Waals surface area contributed by atoms with E-state index in [-0.39, 0.29) is 11.1 Å². The van der Waals surface area contributed by atoms with Crippen molar-refractivity contribution in [3.8, 4) is 6.07 Å². The molecule has 0 heterocycles. The topological polar surface area (TPSA) is 102 Å². The van der Waals surface area contributed by atoms with Crippen LogP contribution in [0.5, 0.6) is 0 Å². The van der Waals surface area contributed by atoms with Crippen molar-refractivity contribution in [2.24, 2.45) is 0 Å². The monoisotopic (exact) mass is 355 g/mol. The van der Waals surface area contributed by atoms with Gasteiger partial charge in [0.25, 0.3) is 5.91 Å². The molecule has 7 heteroatoms. The number of aryl methyl sites for hydroxylation is 1. The molecule has 0 radical (unpaired) electrons. The molecule has 0 aliphatic rings. The molecule has 6 nitrogen and oxygen atoms in total. The molecular weight excluding hydrogens is 342 g/mol. The summed E-state index contributed by atoms with van der Waals surface area (Å²) in [4.78, 5) is 22.9. The average molecular weight is 356 g/mol. The Labute approximate surface area is 149 Å². The third kappa shape index (κ3) is 4.83. The summed E-state index contributed by atoms with van der Waals surface area (Å²) in [5, 5.41) is 23.9. The van der Waals surface area contributed by atoms with Crippen molar-refractivity contribution >= 4 is 34.9 Å². The SMILES string of the molecule is Cc1ccc(NC(=O)/C(C#N)=C\Nc2ccc(C(=O)O)cc2)cc1Cl. The molecule has 1 amide bonds. The summed E-state index contributed by atoms with van der Waals surface area (Å²) < 4.78 is 0. The fraction of sp³-hybridized carbons (Fsp3) is 0.0556. The average Bonchev–Trinajstić information content (AvgIpc) is 2.59. The van der Waals surface area contributed by atoms with E-state index >= 15 is 0 Å². The second-order valence-electron chi connectivity index (χ2n) is 5.11. The van der Waals surface area contributed by atoms with Gasteiger partial charge in [0, 0.05) is 22.6 Å². The lowest BCUT2D eigenvalue weighted by Crippen LogP contribution is -2.14. The highest BCUT2D eigenvalue weighted by atomic mass is 35.5. The van der Waals surface area contributed by atoms with Crippen molar-refractivity contribution in [3.63, 3.8) is 0 Å². The van der Waals surface area contributed by atoms with Gasteiger partial charge in [-0.25, -0.2) is 4.79 Å². The first-order valence-corrected chi connectivity index (χ1v) is 7.56. The number of hydrogen-bond donors (Lipinski definition) is 3. The lowest BCUT2D eigenvalue weighted by Gasteiger charge is -2.07. The van der Waals surface area contributed by atoms with Crippen molar-refractivity contribution < 1.29 is 14.7 Å². The number of benzene rings is 2. The Kier molecular flexibility index (Phi) is 5.77. The van der Waals surface area contributed by atoms with Gasteiger partial charge >= 0.3 is 5.97 Å². The van der Waals surface area contributed by atoms with Crippen molar-refractivity contribution in [2.75, 3.05) is 10.6 Å². The van der Waals surface area contributed by atoms with Gasteiger partial charge in [0.1, 0.15) is 11.6 Å². The number of anilines is 2. The zero-order valence-electron chi connectivity index (χ0n) is 13.2. The van der Waals surface area contributed by atoms with Gasteiger partial charge in [-0.1, -0.05) is 17.7 Å². The Hall–Kier alpha value is -3.30. The molecule has 0 aromatic heterocycles. The molecule has 0 fully saturated rings. The van der Waals surface area contributed by atoms with Gasteiger partial charge < -0.3 is 15.7 Å². The summed E-state index contributed by atoms with van der Waals surface area (Å²) in [6, 6.07) is 12.8. The number of carbonyl (C=O) groups is 2. The summed E-state index contributed by atoms with van der Waals surface area (Å²) in [6.07, 6.45) is 1.25. The number of nitriles is 1. The first-order valence-electron chi connectivity index (χ1n) is 7.18. The number of carbonyl (C=O) groups excluding carboxylic acids is 1. The summed E-state index contributed by atoms with van der Waals surface area (Å²) in [5.74, 6) is -1.62. The van der Waals surface area contributed by atoms with Crippen LogP contribution in [0, 0.1) is 18.3 Å². The van der Waals surface area contributed by atoms with E-state index in [1.165, 1.54) is 30.5 Å². The number of rotatable bonds is 5. The minimum atomic E-state index is -1.03. The summed E-state index contributed by atoms with van der Waals surface area (Å²) in [7, 11) is 0. The zero-order chi connectivity index (χ0) is 18.4. The maximum atomic E-state index is 12.1. The molecule has 3 N–H and O–H groups in total. The maximum Gasteiger partial charge on any atom is 0.335 e. The molecule has 25 heavy (non-hydrogen) atoms. The van der Waals surface area contributed by atoms with E-state index in [9.17, 15) is 9.59 Å². The first kappa shape index (κ1) is 18.0. The van der Waals surface area contributed by atoms with Crippen LogP contribution in [0.4, 0.5) is 11.4 Å². The fourth-order valence-corrected chi connectivity index (χ4v) is 2.06. The fourth-order valence-electron chi connectivity index (χ4n) is 1.88. The van der Waals surface area contributed by atoms with E-state index in [1.54, 1.807) is 18.2 Å². The number of carboxylic acids is 1. The second kappa shape index (κ2) is 7.99. The van der Waals surface area contributed by atoms with Gasteiger partial charge in [-0.05, 0) is 48.9 Å².